The summed E-state index contributed by atoms with van der Waals surface area (Å²) >= 11 is 0. The van der Waals surface area contributed by atoms with Crippen molar-refractivity contribution in [1.29, 1.82) is 0 Å². The highest BCUT2D eigenvalue weighted by atomic mass is 16.3. The van der Waals surface area contributed by atoms with Crippen molar-refractivity contribution < 1.29 is 14.7 Å². The molecular formula is C23H28N8O3. The second-order valence-corrected chi connectivity index (χ2v) is 8.94. The third-order valence-electron chi connectivity index (χ3n) is 6.68. The van der Waals surface area contributed by atoms with E-state index in [4.69, 9.17) is 9.90 Å². The van der Waals surface area contributed by atoms with E-state index in [-0.39, 0.29) is 12.5 Å². The van der Waals surface area contributed by atoms with Crippen molar-refractivity contribution >= 4 is 35.3 Å². The first kappa shape index (κ1) is 22.1. The lowest BCUT2D eigenvalue weighted by Gasteiger charge is -2.35. The predicted molar refractivity (Wildman–Crippen MR) is 128 cm³/mol. The Kier molecular flexibility index (Phi) is 5.78. The first-order valence-electron chi connectivity index (χ1n) is 11.5. The van der Waals surface area contributed by atoms with E-state index in [0.29, 0.717) is 24.5 Å². The molecule has 3 N–H and O–H groups in total. The number of fused-ring (bicyclic) bond motifs is 4. The summed E-state index contributed by atoms with van der Waals surface area (Å²) in [5, 5.41) is 18.0. The molecule has 11 nitrogen and oxygen atoms in total. The molecule has 0 aromatic carbocycles. The van der Waals surface area contributed by atoms with Crippen molar-refractivity contribution in [3.8, 4) is 0 Å². The van der Waals surface area contributed by atoms with Crippen molar-refractivity contribution in [3.05, 3.63) is 41.5 Å². The second kappa shape index (κ2) is 8.90. The maximum absolute atomic E-state index is 13.2. The van der Waals surface area contributed by atoms with Gasteiger partial charge in [0.15, 0.2) is 5.65 Å². The van der Waals surface area contributed by atoms with E-state index in [1.807, 2.05) is 32.3 Å². The Morgan fingerprint density at radius 1 is 1.26 bits per heavy atom. The monoisotopic (exact) mass is 464 g/mol. The summed E-state index contributed by atoms with van der Waals surface area (Å²) in [6.07, 6.45) is 6.97. The molecule has 2 fully saturated rings. The molecule has 0 saturated carbocycles. The van der Waals surface area contributed by atoms with E-state index in [0.717, 1.165) is 42.2 Å². The molecule has 3 aliphatic rings. The van der Waals surface area contributed by atoms with Crippen molar-refractivity contribution in [2.24, 2.45) is 0 Å². The van der Waals surface area contributed by atoms with Crippen molar-refractivity contribution in [1.82, 2.24) is 24.9 Å². The number of carboxylic acid groups (broad SMARTS) is 1. The summed E-state index contributed by atoms with van der Waals surface area (Å²) in [6, 6.07) is 5.02. The Morgan fingerprint density at radius 2 is 2.00 bits per heavy atom. The number of aryl methyl sites for hydroxylation is 2. The van der Waals surface area contributed by atoms with Gasteiger partial charge in [0.25, 0.3) is 6.47 Å². The zero-order valence-corrected chi connectivity index (χ0v) is 19.2. The van der Waals surface area contributed by atoms with Gasteiger partial charge >= 0.3 is 6.03 Å². The number of nitrogens with one attached hydrogen (secondary N) is 2. The molecule has 11 heteroatoms. The van der Waals surface area contributed by atoms with Crippen LogP contribution in [-0.2, 0) is 11.2 Å². The quantitative estimate of drug-likeness (QED) is 0.491. The largest absolute Gasteiger partial charge is 0.483 e. The number of aromatic nitrogens is 4. The smallest absolute Gasteiger partial charge is 0.327 e. The molecule has 6 heterocycles. The molecule has 0 spiro atoms. The van der Waals surface area contributed by atoms with E-state index in [9.17, 15) is 4.79 Å². The molecule has 3 aromatic heterocycles. The molecule has 2 atom stereocenters. The average Bonchev–Trinajstić information content (AvgIpc) is 3.49. The first-order chi connectivity index (χ1) is 16.5. The van der Waals surface area contributed by atoms with Crippen LogP contribution in [0.1, 0.15) is 29.8 Å². The predicted octanol–water partition coefficient (Wildman–Crippen LogP) is 1.98. The third-order valence-corrected chi connectivity index (χ3v) is 6.68. The molecule has 178 valence electrons. The minimum absolute atomic E-state index is 0.164. The summed E-state index contributed by atoms with van der Waals surface area (Å²) in [5.41, 5.74) is 4.86. The van der Waals surface area contributed by atoms with Crippen LogP contribution >= 0.6 is 0 Å². The second-order valence-electron chi connectivity index (χ2n) is 8.94. The topological polar surface area (TPSA) is 128 Å². The van der Waals surface area contributed by atoms with Crippen molar-refractivity contribution in [2.75, 3.05) is 34.8 Å². The van der Waals surface area contributed by atoms with E-state index in [1.165, 1.54) is 24.1 Å². The fourth-order valence-corrected chi connectivity index (χ4v) is 5.21. The maximum Gasteiger partial charge on any atom is 0.327 e. The number of carbonyl (C=O) groups is 2. The molecule has 2 unspecified atom stereocenters. The van der Waals surface area contributed by atoms with E-state index in [1.54, 1.807) is 9.42 Å². The van der Waals surface area contributed by atoms with Gasteiger partial charge in [-0.05, 0) is 50.8 Å². The fraction of sp³-hybridized carbons (Fsp3) is 0.435. The van der Waals surface area contributed by atoms with Gasteiger partial charge in [-0.2, -0.15) is 5.10 Å². The van der Waals surface area contributed by atoms with E-state index >= 15 is 0 Å². The highest BCUT2D eigenvalue weighted by Gasteiger charge is 2.35. The number of anilines is 3. The number of pyridine rings is 2. The Morgan fingerprint density at radius 3 is 2.74 bits per heavy atom. The zero-order chi connectivity index (χ0) is 23.8. The average molecular weight is 465 g/mol. The van der Waals surface area contributed by atoms with Gasteiger partial charge in [0.1, 0.15) is 11.6 Å². The lowest BCUT2D eigenvalue weighted by Crippen LogP contribution is -2.51. The Hall–Kier alpha value is -3.73. The Balaban J connectivity index is 0.000000764. The van der Waals surface area contributed by atoms with Crippen LogP contribution in [0.15, 0.2) is 24.5 Å². The normalized spacial score (nSPS) is 20.6. The molecule has 34 heavy (non-hydrogen) atoms. The van der Waals surface area contributed by atoms with Crippen LogP contribution < -0.4 is 20.4 Å². The number of piperazine rings is 1. The van der Waals surface area contributed by atoms with Gasteiger partial charge in [0.05, 0.1) is 11.9 Å². The molecule has 6 rings (SSSR count). The molecule has 2 bridgehead atoms. The summed E-state index contributed by atoms with van der Waals surface area (Å²) < 4.78 is 1.70. The summed E-state index contributed by atoms with van der Waals surface area (Å²) in [5.74, 6) is 1.48. The number of hydrogen-bond donors (Lipinski definition) is 3. The Labute approximate surface area is 196 Å². The van der Waals surface area contributed by atoms with Gasteiger partial charge < -0.3 is 20.6 Å². The SMILES string of the molecule is Cc1nc2cc(C)c(NC(=O)N3CCc4c(N5CC6CCC(C5)N6)ccnc43)cn2n1.O=CO. The summed E-state index contributed by atoms with van der Waals surface area (Å²) in [4.78, 5) is 34.7. The molecule has 0 aliphatic carbocycles. The van der Waals surface area contributed by atoms with Gasteiger partial charge in [-0.25, -0.2) is 19.3 Å². The number of carbonyl (C=O) groups excluding carboxylic acids is 1. The number of urea groups is 1. The summed E-state index contributed by atoms with van der Waals surface area (Å²) in [6.45, 7) is 6.25. The third kappa shape index (κ3) is 4.03. The van der Waals surface area contributed by atoms with E-state index in [2.05, 4.69) is 36.7 Å². The Bertz CT molecular complexity index is 1230. The van der Waals surface area contributed by atoms with Crippen LogP contribution in [0.25, 0.3) is 5.65 Å². The number of rotatable bonds is 2. The van der Waals surface area contributed by atoms with Crippen LogP contribution in [0, 0.1) is 13.8 Å². The number of nitrogens with zero attached hydrogens (tertiary/aromatic N) is 6. The fourth-order valence-electron chi connectivity index (χ4n) is 5.21. The molecule has 3 aromatic rings. The maximum atomic E-state index is 13.2. The van der Waals surface area contributed by atoms with Crippen LogP contribution in [0.2, 0.25) is 0 Å². The van der Waals surface area contributed by atoms with Crippen LogP contribution in [-0.4, -0.2) is 68.9 Å². The van der Waals surface area contributed by atoms with Crippen LogP contribution in [0.4, 0.5) is 22.0 Å². The number of hydrogen-bond acceptors (Lipinski definition) is 7. The minimum atomic E-state index is -0.250. The van der Waals surface area contributed by atoms with Crippen LogP contribution in [0.5, 0.6) is 0 Å². The van der Waals surface area contributed by atoms with Gasteiger partial charge in [-0.15, -0.1) is 0 Å². The molecule has 2 saturated heterocycles. The van der Waals surface area contributed by atoms with E-state index < -0.39 is 0 Å². The van der Waals surface area contributed by atoms with Crippen molar-refractivity contribution in [2.45, 2.75) is 45.2 Å². The van der Waals surface area contributed by atoms with Gasteiger partial charge in [-0.3, -0.25) is 9.69 Å². The van der Waals surface area contributed by atoms with Gasteiger partial charge in [-0.1, -0.05) is 0 Å². The van der Waals surface area contributed by atoms with Crippen molar-refractivity contribution in [3.63, 3.8) is 0 Å². The standard InChI is InChI=1S/C22H26N8O.CH2O2/c1-13-9-20-24-14(2)27-30(20)12-18(13)26-22(31)29-8-6-17-19(5-7-23-21(17)29)28-10-15-3-4-16(11-28)25-15;2-1-3/h5,7,9,12,15-16,25H,3-4,6,8,10-11H2,1-2H3,(H,26,31);1H,(H,2,3). The van der Waals surface area contributed by atoms with Gasteiger partial charge in [0.2, 0.25) is 0 Å². The first-order valence-corrected chi connectivity index (χ1v) is 11.5. The summed E-state index contributed by atoms with van der Waals surface area (Å²) in [7, 11) is 0. The molecule has 3 aliphatic heterocycles. The highest BCUT2D eigenvalue weighted by Crippen LogP contribution is 2.36. The zero-order valence-electron chi connectivity index (χ0n) is 19.2. The molecule has 2 amide bonds. The highest BCUT2D eigenvalue weighted by molar-refractivity contribution is 6.03. The lowest BCUT2D eigenvalue weighted by atomic mass is 10.1. The number of amides is 2. The molecule has 0 radical (unpaired) electrons. The molecular weight excluding hydrogens is 436 g/mol. The lowest BCUT2D eigenvalue weighted by molar-refractivity contribution is -0.122. The minimum Gasteiger partial charge on any atom is -0.483 e. The van der Waals surface area contributed by atoms with Crippen LogP contribution in [0.3, 0.4) is 0 Å². The van der Waals surface area contributed by atoms with Gasteiger partial charge in [0, 0.05) is 49.2 Å².